The van der Waals surface area contributed by atoms with Crippen LogP contribution < -0.4 is 26.4 Å². The largest absolute Gasteiger partial charge is 0.464 e. The summed E-state index contributed by atoms with van der Waals surface area (Å²) in [6.07, 6.45) is 0. The number of aryl methyl sites for hydroxylation is 1. The third-order valence-electron chi connectivity index (χ3n) is 6.91. The van der Waals surface area contributed by atoms with Crippen molar-refractivity contribution in [1.82, 2.24) is 0 Å². The highest BCUT2D eigenvalue weighted by atomic mass is 35.5. The first-order chi connectivity index (χ1) is 18.4. The second-order valence-electron chi connectivity index (χ2n) is 10.7. The van der Waals surface area contributed by atoms with E-state index in [9.17, 15) is 23.9 Å². The van der Waals surface area contributed by atoms with Crippen LogP contribution in [0.25, 0.3) is 0 Å². The molecule has 202 valence electrons. The van der Waals surface area contributed by atoms with Crippen LogP contribution in [0.4, 0.5) is 27.1 Å². The number of amides is 1. The van der Waals surface area contributed by atoms with Gasteiger partial charge in [-0.25, -0.2) is 4.39 Å². The molecule has 1 aliphatic rings. The van der Waals surface area contributed by atoms with Crippen LogP contribution in [0.3, 0.4) is 0 Å². The van der Waals surface area contributed by atoms with Crippen LogP contribution in [0.1, 0.15) is 59.8 Å². The highest BCUT2D eigenvalue weighted by Gasteiger charge is 2.36. The number of aliphatic hydroxyl groups is 1. The van der Waals surface area contributed by atoms with Crippen LogP contribution in [0.15, 0.2) is 56.5 Å². The zero-order valence-corrected chi connectivity index (χ0v) is 22.6. The van der Waals surface area contributed by atoms with Gasteiger partial charge in [0, 0.05) is 16.1 Å². The molecule has 0 fully saturated rings. The highest BCUT2D eigenvalue weighted by molar-refractivity contribution is 6.33. The van der Waals surface area contributed by atoms with Gasteiger partial charge in [-0.2, -0.15) is 0 Å². The number of nitrogens with zero attached hydrogens (tertiary/aromatic N) is 1. The topological polar surface area (TPSA) is 112 Å². The molecule has 0 aliphatic carbocycles. The van der Waals surface area contributed by atoms with E-state index in [1.54, 1.807) is 12.1 Å². The Bertz CT molecular complexity index is 1680. The Hall–Kier alpha value is -3.95. The van der Waals surface area contributed by atoms with Gasteiger partial charge in [-0.15, -0.1) is 0 Å². The lowest BCUT2D eigenvalue weighted by atomic mass is 9.85. The van der Waals surface area contributed by atoms with Crippen molar-refractivity contribution in [3.8, 4) is 0 Å². The van der Waals surface area contributed by atoms with E-state index >= 15 is 0 Å². The van der Waals surface area contributed by atoms with Gasteiger partial charge < -0.3 is 25.1 Å². The molecule has 0 saturated carbocycles. The zero-order valence-electron chi connectivity index (χ0n) is 21.8. The van der Waals surface area contributed by atoms with Gasteiger partial charge >= 0.3 is 0 Å². The van der Waals surface area contributed by atoms with E-state index in [1.807, 2.05) is 39.8 Å². The minimum Gasteiger partial charge on any atom is -0.464 e. The molecule has 10 heteroatoms. The maximum atomic E-state index is 14.1. The van der Waals surface area contributed by atoms with E-state index in [4.69, 9.17) is 16.0 Å². The lowest BCUT2D eigenvalue weighted by molar-refractivity contribution is 0.0997. The fraction of sp³-hybridized carbons (Fsp3) is 0.276. The van der Waals surface area contributed by atoms with Crippen molar-refractivity contribution < 1.29 is 18.7 Å². The second-order valence-corrected chi connectivity index (χ2v) is 11.1. The summed E-state index contributed by atoms with van der Waals surface area (Å²) in [6.45, 7) is 7.41. The summed E-state index contributed by atoms with van der Waals surface area (Å²) >= 11 is 6.43. The molecule has 1 aromatic heterocycles. The maximum absolute atomic E-state index is 14.1. The Morgan fingerprint density at radius 2 is 1.79 bits per heavy atom. The van der Waals surface area contributed by atoms with E-state index in [-0.39, 0.29) is 40.3 Å². The van der Waals surface area contributed by atoms with Gasteiger partial charge in [0.25, 0.3) is 16.8 Å². The van der Waals surface area contributed by atoms with E-state index in [1.165, 1.54) is 23.1 Å². The summed E-state index contributed by atoms with van der Waals surface area (Å²) in [5.41, 5.74) is -0.120. The molecular weight excluding hydrogens is 525 g/mol. The summed E-state index contributed by atoms with van der Waals surface area (Å²) in [5, 5.41) is 16.2. The Balaban J connectivity index is 1.51. The van der Waals surface area contributed by atoms with Crippen molar-refractivity contribution >= 4 is 40.3 Å². The standard InChI is InChI=1S/C29H27ClFN3O5/c1-14-5-10-21(39-14)27(29(2,3)4)33-24-23(25(36)26(24)37)32-19-9-8-18(30)17-12-34(28(38)22(17)19)20-11-16(31)7-6-15(20)13-35/h5-11,27,32-33,35H,12-13H2,1-4H3/t27-/m0/s1. The first-order valence-electron chi connectivity index (χ1n) is 12.4. The van der Waals surface area contributed by atoms with Gasteiger partial charge in [-0.3, -0.25) is 14.4 Å². The number of hydrogen-bond acceptors (Lipinski definition) is 7. The van der Waals surface area contributed by atoms with E-state index in [2.05, 4.69) is 10.6 Å². The van der Waals surface area contributed by atoms with Gasteiger partial charge in [0.15, 0.2) is 0 Å². The number of carbonyl (C=O) groups is 1. The SMILES string of the molecule is Cc1ccc([C@H](Nc2c(Nc3ccc(Cl)c4c3C(=O)N(c3cc(F)ccc3CO)C4)c(=O)c2=O)C(C)(C)C)o1. The quantitative estimate of drug-likeness (QED) is 0.257. The van der Waals surface area contributed by atoms with Crippen molar-refractivity contribution in [2.24, 2.45) is 5.41 Å². The van der Waals surface area contributed by atoms with Crippen molar-refractivity contribution in [3.63, 3.8) is 0 Å². The van der Waals surface area contributed by atoms with Gasteiger partial charge in [0.1, 0.15) is 28.7 Å². The van der Waals surface area contributed by atoms with Crippen molar-refractivity contribution in [2.45, 2.75) is 46.9 Å². The Morgan fingerprint density at radius 1 is 1.08 bits per heavy atom. The molecule has 0 bridgehead atoms. The third kappa shape index (κ3) is 4.62. The number of halogens is 2. The summed E-state index contributed by atoms with van der Waals surface area (Å²) in [6, 6.07) is 10.2. The summed E-state index contributed by atoms with van der Waals surface area (Å²) in [7, 11) is 0. The van der Waals surface area contributed by atoms with Gasteiger partial charge in [-0.1, -0.05) is 38.4 Å². The number of carbonyl (C=O) groups excluding carboxylic acids is 1. The Labute approximate surface area is 228 Å². The van der Waals surface area contributed by atoms with E-state index in [0.29, 0.717) is 27.7 Å². The minimum absolute atomic E-state index is 0.0232. The second kappa shape index (κ2) is 9.66. The molecule has 0 radical (unpaired) electrons. The predicted molar refractivity (Wildman–Crippen MR) is 148 cm³/mol. The van der Waals surface area contributed by atoms with Gasteiger partial charge in [-0.05, 0) is 48.7 Å². The van der Waals surface area contributed by atoms with Crippen LogP contribution in [0.2, 0.25) is 5.02 Å². The molecule has 2 heterocycles. The Kier molecular flexibility index (Phi) is 6.60. The minimum atomic E-state index is -0.723. The molecule has 4 aromatic rings. The van der Waals surface area contributed by atoms with Crippen molar-refractivity contribution in [1.29, 1.82) is 0 Å². The molecule has 5 rings (SSSR count). The number of nitrogens with one attached hydrogen (secondary N) is 2. The molecule has 1 amide bonds. The Morgan fingerprint density at radius 3 is 2.44 bits per heavy atom. The maximum Gasteiger partial charge on any atom is 0.261 e. The first kappa shape index (κ1) is 26.6. The van der Waals surface area contributed by atoms with Gasteiger partial charge in [0.05, 0.1) is 36.1 Å². The van der Waals surface area contributed by atoms with Crippen LogP contribution in [-0.4, -0.2) is 11.0 Å². The number of rotatable bonds is 7. The molecule has 0 saturated heterocycles. The number of benzene rings is 2. The van der Waals surface area contributed by atoms with Crippen molar-refractivity contribution in [3.05, 3.63) is 102 Å². The number of furan rings is 1. The number of fused-ring (bicyclic) bond motifs is 1. The fourth-order valence-electron chi connectivity index (χ4n) is 4.86. The van der Waals surface area contributed by atoms with Crippen LogP contribution in [0, 0.1) is 18.2 Å². The van der Waals surface area contributed by atoms with Crippen LogP contribution in [-0.2, 0) is 13.2 Å². The lowest BCUT2D eigenvalue weighted by Gasteiger charge is -2.31. The van der Waals surface area contributed by atoms with E-state index < -0.39 is 35.2 Å². The summed E-state index contributed by atoms with van der Waals surface area (Å²) < 4.78 is 19.9. The molecule has 3 aromatic carbocycles. The fourth-order valence-corrected chi connectivity index (χ4v) is 5.07. The molecule has 1 atom stereocenters. The molecular formula is C29H27ClFN3O5. The lowest BCUT2D eigenvalue weighted by Crippen LogP contribution is -2.39. The smallest absolute Gasteiger partial charge is 0.261 e. The highest BCUT2D eigenvalue weighted by Crippen LogP contribution is 2.41. The number of hydrogen-bond donors (Lipinski definition) is 3. The molecule has 1 aliphatic heterocycles. The summed E-state index contributed by atoms with van der Waals surface area (Å²) in [4.78, 5) is 40.3. The first-order valence-corrected chi connectivity index (χ1v) is 12.7. The van der Waals surface area contributed by atoms with E-state index in [0.717, 1.165) is 0 Å². The molecule has 8 nitrogen and oxygen atoms in total. The predicted octanol–water partition coefficient (Wildman–Crippen LogP) is 5.57. The monoisotopic (exact) mass is 551 g/mol. The van der Waals surface area contributed by atoms with Crippen LogP contribution >= 0.6 is 11.6 Å². The normalized spacial score (nSPS) is 14.1. The van der Waals surface area contributed by atoms with Crippen LogP contribution in [0.5, 0.6) is 0 Å². The average molecular weight is 552 g/mol. The number of aliphatic hydroxyl groups excluding tert-OH is 1. The molecule has 0 spiro atoms. The third-order valence-corrected chi connectivity index (χ3v) is 7.26. The van der Waals surface area contributed by atoms with Crippen molar-refractivity contribution in [2.75, 3.05) is 15.5 Å². The number of anilines is 4. The van der Waals surface area contributed by atoms with Gasteiger partial charge in [0.2, 0.25) is 0 Å². The molecule has 0 unspecified atom stereocenters. The molecule has 39 heavy (non-hydrogen) atoms. The molecule has 3 N–H and O–H groups in total. The average Bonchev–Trinajstić information content (AvgIpc) is 3.47. The zero-order chi connectivity index (χ0) is 28.2. The summed E-state index contributed by atoms with van der Waals surface area (Å²) in [5.74, 6) is 0.288.